The smallest absolute Gasteiger partial charge is 0.0738 e. The monoisotopic (exact) mass is 788 g/mol. The van der Waals surface area contributed by atoms with Crippen LogP contribution in [0.5, 0.6) is 0 Å². The average Bonchev–Trinajstić information content (AvgIpc) is 4.01. The fourth-order valence-corrected chi connectivity index (χ4v) is 8.12. The molecule has 0 radical (unpaired) electrons. The Morgan fingerprint density at radius 1 is 0.433 bits per heavy atom. The second-order valence-corrected chi connectivity index (χ2v) is 20.8. The summed E-state index contributed by atoms with van der Waals surface area (Å²) in [5, 5.41) is 0. The molecule has 8 bridgehead atoms. The Hall–Kier alpha value is -6.00. The molecule has 0 fully saturated rings. The highest BCUT2D eigenvalue weighted by atomic mass is 14.8. The number of aromatic amines is 2. The third kappa shape index (κ3) is 8.00. The van der Waals surface area contributed by atoms with Crippen molar-refractivity contribution < 1.29 is 0 Å². The largest absolute Gasteiger partial charge is 0.355 e. The Labute approximate surface area is 357 Å². The van der Waals surface area contributed by atoms with E-state index in [1.807, 2.05) is 6.07 Å². The van der Waals surface area contributed by atoms with Gasteiger partial charge >= 0.3 is 0 Å². The summed E-state index contributed by atoms with van der Waals surface area (Å²) in [5.74, 6) is 0. The molecule has 4 heteroatoms. The van der Waals surface area contributed by atoms with E-state index in [2.05, 4.69) is 208 Å². The van der Waals surface area contributed by atoms with Crippen LogP contribution in [0.4, 0.5) is 0 Å². The van der Waals surface area contributed by atoms with Gasteiger partial charge in [-0.2, -0.15) is 0 Å². The zero-order valence-corrected chi connectivity index (χ0v) is 37.6. The Balaban J connectivity index is 1.52. The number of aromatic nitrogens is 4. The number of fused-ring (bicyclic) bond motifs is 8. The highest BCUT2D eigenvalue weighted by molar-refractivity contribution is 5.97. The molecule has 0 saturated heterocycles. The van der Waals surface area contributed by atoms with E-state index in [4.69, 9.17) is 16.5 Å². The first-order valence-corrected chi connectivity index (χ1v) is 21.3. The van der Waals surface area contributed by atoms with Crippen molar-refractivity contribution in [3.05, 3.63) is 160 Å². The molecule has 0 unspecified atom stereocenters. The van der Waals surface area contributed by atoms with Crippen LogP contribution in [0.25, 0.3) is 74.2 Å². The van der Waals surface area contributed by atoms with E-state index >= 15 is 0 Å². The van der Waals surface area contributed by atoms with Gasteiger partial charge < -0.3 is 9.97 Å². The molecule has 0 amide bonds. The van der Waals surface area contributed by atoms with Crippen molar-refractivity contribution in [2.24, 2.45) is 0 Å². The van der Waals surface area contributed by atoms with Crippen LogP contribution >= 0.6 is 0 Å². The number of hydrogen-bond acceptors (Lipinski definition) is 2. The molecule has 3 aromatic heterocycles. The van der Waals surface area contributed by atoms with E-state index in [0.29, 0.717) is 0 Å². The molecule has 2 N–H and O–H groups in total. The molecule has 0 atom stereocenters. The maximum atomic E-state index is 5.52. The molecule has 2 aliphatic rings. The van der Waals surface area contributed by atoms with Crippen molar-refractivity contribution >= 4 is 51.9 Å². The second kappa shape index (κ2) is 14.6. The second-order valence-electron chi connectivity index (χ2n) is 20.8. The van der Waals surface area contributed by atoms with Crippen LogP contribution in [0.15, 0.2) is 104 Å². The third-order valence-corrected chi connectivity index (χ3v) is 11.9. The Morgan fingerprint density at radius 3 is 1.17 bits per heavy atom. The average molecular weight is 789 g/mol. The predicted octanol–water partition coefficient (Wildman–Crippen LogP) is 15.2. The summed E-state index contributed by atoms with van der Waals surface area (Å²) >= 11 is 0. The van der Waals surface area contributed by atoms with Gasteiger partial charge in [0.25, 0.3) is 0 Å². The molecule has 2 aliphatic heterocycles. The molecule has 0 saturated carbocycles. The van der Waals surface area contributed by atoms with Gasteiger partial charge in [0.2, 0.25) is 0 Å². The van der Waals surface area contributed by atoms with Crippen molar-refractivity contribution in [3.8, 4) is 22.3 Å². The van der Waals surface area contributed by atoms with Gasteiger partial charge in [-0.1, -0.05) is 156 Å². The topological polar surface area (TPSA) is 57.4 Å². The summed E-state index contributed by atoms with van der Waals surface area (Å²) in [6.07, 6.45) is 8.61. The molecule has 4 nitrogen and oxygen atoms in total. The van der Waals surface area contributed by atoms with Crippen LogP contribution in [0, 0.1) is 0 Å². The first-order valence-electron chi connectivity index (χ1n) is 21.3. The summed E-state index contributed by atoms with van der Waals surface area (Å²) in [6.45, 7) is 32.2. The number of rotatable bonds is 4. The van der Waals surface area contributed by atoms with Crippen molar-refractivity contribution in [2.75, 3.05) is 0 Å². The van der Waals surface area contributed by atoms with Crippen LogP contribution < -0.4 is 0 Å². The van der Waals surface area contributed by atoms with Crippen molar-refractivity contribution in [1.82, 2.24) is 19.9 Å². The zero-order chi connectivity index (χ0) is 42.9. The van der Waals surface area contributed by atoms with Crippen molar-refractivity contribution in [1.29, 1.82) is 0 Å². The lowest BCUT2D eigenvalue weighted by atomic mass is 9.78. The molecule has 3 aromatic carbocycles. The van der Waals surface area contributed by atoms with Gasteiger partial charge in [-0.05, 0) is 121 Å². The van der Waals surface area contributed by atoms with Gasteiger partial charge in [-0.25, -0.2) is 9.97 Å². The highest BCUT2D eigenvalue weighted by Gasteiger charge is 2.26. The van der Waals surface area contributed by atoms with Gasteiger partial charge in [0, 0.05) is 38.8 Å². The molecule has 6 aromatic rings. The maximum Gasteiger partial charge on any atom is 0.0738 e. The van der Waals surface area contributed by atoms with E-state index < -0.39 is 0 Å². The van der Waals surface area contributed by atoms with E-state index in [0.717, 1.165) is 83.8 Å². The molecule has 0 aliphatic carbocycles. The van der Waals surface area contributed by atoms with Gasteiger partial charge in [-0.15, -0.1) is 0 Å². The van der Waals surface area contributed by atoms with E-state index in [1.165, 1.54) is 22.3 Å². The first kappa shape index (κ1) is 40.8. The zero-order valence-electron chi connectivity index (χ0n) is 37.6. The van der Waals surface area contributed by atoms with Gasteiger partial charge in [0.15, 0.2) is 0 Å². The first-order chi connectivity index (χ1) is 28.1. The summed E-state index contributed by atoms with van der Waals surface area (Å²) < 4.78 is 0. The summed E-state index contributed by atoms with van der Waals surface area (Å²) in [5.41, 5.74) is 19.7. The lowest BCUT2D eigenvalue weighted by molar-refractivity contribution is 0.568. The predicted molar refractivity (Wildman–Crippen MR) is 259 cm³/mol. The number of H-pyrrole nitrogens is 2. The number of nitrogens with one attached hydrogen (secondary N) is 2. The van der Waals surface area contributed by atoms with Gasteiger partial charge in [-0.3, -0.25) is 0 Å². The van der Waals surface area contributed by atoms with Crippen LogP contribution in [0.3, 0.4) is 0 Å². The summed E-state index contributed by atoms with van der Waals surface area (Å²) in [4.78, 5) is 18.7. The number of benzene rings is 3. The fraction of sp³-hybridized carbons (Fsp3) is 0.286. The minimum absolute atomic E-state index is 0.0483. The minimum atomic E-state index is -0.0483. The maximum absolute atomic E-state index is 5.52. The molecule has 8 rings (SSSR count). The standard InChI is InChI=1S/C56H60N4/c1-34(35-17-15-14-16-18-35)50-44-23-25-48(59-44)51(36-27-38(53(2,3)4)31-39(28-36)54(5,6)7)46-21-19-42(57-46)33-43-20-22-47(58-43)52(49-26-24-45(50)60-49)37-29-40(55(8,9)10)32-41(30-37)56(11,12)13/h14-33,57-58H,1H2,2-13H3. The van der Waals surface area contributed by atoms with E-state index in [9.17, 15) is 0 Å². The quantitative estimate of drug-likeness (QED) is 0.187. The number of nitrogens with zero attached hydrogens (tertiary/aromatic N) is 2. The summed E-state index contributed by atoms with van der Waals surface area (Å²) in [7, 11) is 0. The molecular weight excluding hydrogens is 729 g/mol. The minimum Gasteiger partial charge on any atom is -0.355 e. The van der Waals surface area contributed by atoms with Crippen LogP contribution in [0.1, 0.15) is 139 Å². The third-order valence-electron chi connectivity index (χ3n) is 11.9. The molecular formula is C56H60N4. The fourth-order valence-electron chi connectivity index (χ4n) is 8.12. The Morgan fingerprint density at radius 2 is 0.800 bits per heavy atom. The Bertz CT molecular complexity index is 2660. The van der Waals surface area contributed by atoms with Crippen molar-refractivity contribution in [2.45, 2.75) is 105 Å². The molecule has 304 valence electrons. The lowest BCUT2D eigenvalue weighted by Crippen LogP contribution is -2.16. The SMILES string of the molecule is C=C(c1ccccc1)c1c2nc(c(-c3cc(C(C)(C)C)cc(C(C)(C)C)c3)c3ccc(cc4ccc([nH]4)c(-c4cc(C(C)(C)C)cc(C(C)(C)C)c4)c4nc1C=C4)[nH]3)C=C2. The highest BCUT2D eigenvalue weighted by Crippen LogP contribution is 2.41. The molecule has 60 heavy (non-hydrogen) atoms. The molecule has 0 spiro atoms. The van der Waals surface area contributed by atoms with Gasteiger partial charge in [0.1, 0.15) is 0 Å². The lowest BCUT2D eigenvalue weighted by Gasteiger charge is -2.26. The normalized spacial score (nSPS) is 13.3. The van der Waals surface area contributed by atoms with Crippen LogP contribution in [-0.2, 0) is 21.7 Å². The van der Waals surface area contributed by atoms with E-state index in [1.54, 1.807) is 0 Å². The van der Waals surface area contributed by atoms with Crippen LogP contribution in [-0.4, -0.2) is 19.9 Å². The number of hydrogen-bond donors (Lipinski definition) is 2. The molecule has 5 heterocycles. The van der Waals surface area contributed by atoms with Crippen molar-refractivity contribution in [3.63, 3.8) is 0 Å². The Kier molecular flexibility index (Phi) is 9.93. The van der Waals surface area contributed by atoms with Crippen LogP contribution in [0.2, 0.25) is 0 Å². The van der Waals surface area contributed by atoms with E-state index in [-0.39, 0.29) is 21.7 Å². The summed E-state index contributed by atoms with van der Waals surface area (Å²) in [6, 6.07) is 35.5. The van der Waals surface area contributed by atoms with Gasteiger partial charge in [0.05, 0.1) is 22.8 Å².